The molecule has 1 aromatic heterocycles. The van der Waals surface area contributed by atoms with Gasteiger partial charge in [0, 0.05) is 11.6 Å². The van der Waals surface area contributed by atoms with Gasteiger partial charge in [-0.2, -0.15) is 0 Å². The summed E-state index contributed by atoms with van der Waals surface area (Å²) in [6.45, 7) is 1.26. The molecule has 0 radical (unpaired) electrons. The van der Waals surface area contributed by atoms with Gasteiger partial charge in [-0.15, -0.1) is 11.3 Å². The Morgan fingerprint density at radius 3 is 3.09 bits per heavy atom. The highest BCUT2D eigenvalue weighted by molar-refractivity contribution is 7.12. The van der Waals surface area contributed by atoms with E-state index < -0.39 is 0 Å². The van der Waals surface area contributed by atoms with Crippen LogP contribution in [0.5, 0.6) is 5.75 Å². The summed E-state index contributed by atoms with van der Waals surface area (Å²) in [5.41, 5.74) is 0.573. The number of amides is 1. The number of halogens is 1. The molecule has 3 rings (SSSR count). The fourth-order valence-electron chi connectivity index (χ4n) is 2.28. The average Bonchev–Trinajstić information content (AvgIpc) is 3.20. The second-order valence-corrected chi connectivity index (χ2v) is 6.40. The van der Waals surface area contributed by atoms with Crippen molar-refractivity contribution in [2.24, 2.45) is 0 Å². The lowest BCUT2D eigenvalue weighted by Gasteiger charge is -2.15. The van der Waals surface area contributed by atoms with Gasteiger partial charge in [0.05, 0.1) is 16.7 Å². The second kappa shape index (κ2) is 7.13. The van der Waals surface area contributed by atoms with Crippen molar-refractivity contribution in [1.82, 2.24) is 0 Å². The molecule has 0 bridgehead atoms. The van der Waals surface area contributed by atoms with Crippen LogP contribution in [0, 0.1) is 0 Å². The number of hydrogen-bond acceptors (Lipinski definition) is 4. The number of carbonyl (C=O) groups is 1. The zero-order chi connectivity index (χ0) is 15.4. The van der Waals surface area contributed by atoms with Gasteiger partial charge in [-0.25, -0.2) is 0 Å². The first-order chi connectivity index (χ1) is 10.7. The van der Waals surface area contributed by atoms with Crippen LogP contribution in [0.15, 0.2) is 35.7 Å². The average molecular weight is 338 g/mol. The molecule has 0 unspecified atom stereocenters. The largest absolute Gasteiger partial charge is 0.489 e. The van der Waals surface area contributed by atoms with Crippen molar-refractivity contribution in [3.63, 3.8) is 0 Å². The molecular weight excluding hydrogens is 322 g/mol. The zero-order valence-electron chi connectivity index (χ0n) is 11.9. The van der Waals surface area contributed by atoms with E-state index in [4.69, 9.17) is 21.1 Å². The number of rotatable bonds is 5. The molecule has 2 aromatic rings. The summed E-state index contributed by atoms with van der Waals surface area (Å²) < 4.78 is 11.3. The summed E-state index contributed by atoms with van der Waals surface area (Å²) in [4.78, 5) is 12.8. The van der Waals surface area contributed by atoms with Gasteiger partial charge in [-0.1, -0.05) is 17.7 Å². The molecule has 1 aliphatic heterocycles. The Balaban J connectivity index is 1.71. The standard InChI is InChI=1S/C16H16ClNO3S/c17-11-5-6-14(21-10-12-3-1-7-20-12)13(9-11)18-16(19)15-4-2-8-22-15/h2,4-6,8-9,12H,1,3,7,10H2,(H,18,19)/t12-/m0/s1. The van der Waals surface area contributed by atoms with Crippen molar-refractivity contribution in [2.45, 2.75) is 18.9 Å². The zero-order valence-corrected chi connectivity index (χ0v) is 13.5. The minimum absolute atomic E-state index is 0.122. The number of carbonyl (C=O) groups excluding carboxylic acids is 1. The van der Waals surface area contributed by atoms with Gasteiger partial charge in [0.25, 0.3) is 5.91 Å². The molecule has 0 aliphatic carbocycles. The first-order valence-electron chi connectivity index (χ1n) is 7.11. The predicted octanol–water partition coefficient (Wildman–Crippen LogP) is 4.21. The molecule has 1 fully saturated rings. The van der Waals surface area contributed by atoms with Crippen LogP contribution in [0.3, 0.4) is 0 Å². The van der Waals surface area contributed by atoms with Crippen LogP contribution in [-0.4, -0.2) is 25.2 Å². The Morgan fingerprint density at radius 2 is 2.36 bits per heavy atom. The van der Waals surface area contributed by atoms with E-state index in [1.807, 2.05) is 11.4 Å². The number of ether oxygens (including phenoxy) is 2. The summed E-state index contributed by atoms with van der Waals surface area (Å²) in [5.74, 6) is 0.434. The van der Waals surface area contributed by atoms with Crippen LogP contribution in [0.2, 0.25) is 5.02 Å². The molecule has 6 heteroatoms. The minimum Gasteiger partial charge on any atom is -0.489 e. The summed E-state index contributed by atoms with van der Waals surface area (Å²) in [7, 11) is 0. The Bertz CT molecular complexity index is 639. The molecule has 1 aliphatic rings. The van der Waals surface area contributed by atoms with E-state index in [1.165, 1.54) is 11.3 Å². The molecule has 1 N–H and O–H groups in total. The Morgan fingerprint density at radius 1 is 1.45 bits per heavy atom. The highest BCUT2D eigenvalue weighted by atomic mass is 35.5. The van der Waals surface area contributed by atoms with Crippen LogP contribution >= 0.6 is 22.9 Å². The summed E-state index contributed by atoms with van der Waals surface area (Å²) in [6, 6.07) is 8.82. The van der Waals surface area contributed by atoms with Crippen LogP contribution in [-0.2, 0) is 4.74 Å². The lowest BCUT2D eigenvalue weighted by Crippen LogP contribution is -2.17. The molecule has 2 heterocycles. The molecule has 0 spiro atoms. The molecule has 22 heavy (non-hydrogen) atoms. The summed E-state index contributed by atoms with van der Waals surface area (Å²) >= 11 is 7.41. The van der Waals surface area contributed by atoms with Gasteiger partial charge in [0.15, 0.2) is 0 Å². The Hall–Kier alpha value is -1.56. The van der Waals surface area contributed by atoms with Gasteiger partial charge >= 0.3 is 0 Å². The first-order valence-corrected chi connectivity index (χ1v) is 8.37. The van der Waals surface area contributed by atoms with Gasteiger partial charge < -0.3 is 14.8 Å². The molecule has 4 nitrogen and oxygen atoms in total. The Labute approximate surface area is 138 Å². The first kappa shape index (κ1) is 15.3. The van der Waals surface area contributed by atoms with Gasteiger partial charge in [-0.05, 0) is 42.5 Å². The van der Waals surface area contributed by atoms with Crippen LogP contribution in [0.1, 0.15) is 22.5 Å². The van der Waals surface area contributed by atoms with Gasteiger partial charge in [0.1, 0.15) is 12.4 Å². The molecule has 1 saturated heterocycles. The maximum Gasteiger partial charge on any atom is 0.265 e. The normalized spacial score (nSPS) is 17.4. The minimum atomic E-state index is -0.167. The number of anilines is 1. The van der Waals surface area contributed by atoms with Crippen LogP contribution in [0.25, 0.3) is 0 Å². The number of benzene rings is 1. The number of nitrogens with one attached hydrogen (secondary N) is 1. The van der Waals surface area contributed by atoms with E-state index in [0.29, 0.717) is 27.9 Å². The topological polar surface area (TPSA) is 47.6 Å². The smallest absolute Gasteiger partial charge is 0.265 e. The van der Waals surface area contributed by atoms with Gasteiger partial charge in [0.2, 0.25) is 0 Å². The molecule has 1 atom stereocenters. The third-order valence-electron chi connectivity index (χ3n) is 3.38. The van der Waals surface area contributed by atoms with Crippen molar-refractivity contribution < 1.29 is 14.3 Å². The third kappa shape index (κ3) is 3.80. The van der Waals surface area contributed by atoms with E-state index in [-0.39, 0.29) is 12.0 Å². The summed E-state index contributed by atoms with van der Waals surface area (Å²) in [6.07, 6.45) is 2.19. The molecule has 0 saturated carbocycles. The number of hydrogen-bond donors (Lipinski definition) is 1. The quantitative estimate of drug-likeness (QED) is 0.889. The third-order valence-corrected chi connectivity index (χ3v) is 4.49. The van der Waals surface area contributed by atoms with Crippen LogP contribution in [0.4, 0.5) is 5.69 Å². The maximum atomic E-state index is 12.2. The van der Waals surface area contributed by atoms with Crippen molar-refractivity contribution in [3.05, 3.63) is 45.6 Å². The second-order valence-electron chi connectivity index (χ2n) is 5.02. The van der Waals surface area contributed by atoms with E-state index >= 15 is 0 Å². The van der Waals surface area contributed by atoms with Gasteiger partial charge in [-0.3, -0.25) is 4.79 Å². The van der Waals surface area contributed by atoms with E-state index in [1.54, 1.807) is 24.3 Å². The summed E-state index contributed by atoms with van der Waals surface area (Å²) in [5, 5.41) is 5.26. The van der Waals surface area contributed by atoms with E-state index in [9.17, 15) is 4.79 Å². The SMILES string of the molecule is O=C(Nc1cc(Cl)ccc1OC[C@@H]1CCCO1)c1cccs1. The van der Waals surface area contributed by atoms with Crippen molar-refractivity contribution >= 4 is 34.5 Å². The van der Waals surface area contributed by atoms with Crippen molar-refractivity contribution in [2.75, 3.05) is 18.5 Å². The molecular formula is C16H16ClNO3S. The highest BCUT2D eigenvalue weighted by Gasteiger charge is 2.17. The monoisotopic (exact) mass is 337 g/mol. The van der Waals surface area contributed by atoms with E-state index in [2.05, 4.69) is 5.32 Å². The highest BCUT2D eigenvalue weighted by Crippen LogP contribution is 2.29. The lowest BCUT2D eigenvalue weighted by molar-refractivity contribution is 0.0682. The Kier molecular flexibility index (Phi) is 4.97. The fourth-order valence-corrected chi connectivity index (χ4v) is 3.07. The fraction of sp³-hybridized carbons (Fsp3) is 0.312. The lowest BCUT2D eigenvalue weighted by atomic mass is 10.2. The molecule has 1 amide bonds. The maximum absolute atomic E-state index is 12.2. The molecule has 1 aromatic carbocycles. The van der Waals surface area contributed by atoms with Crippen molar-refractivity contribution in [3.8, 4) is 5.75 Å². The molecule has 116 valence electrons. The van der Waals surface area contributed by atoms with Crippen LogP contribution < -0.4 is 10.1 Å². The predicted molar refractivity (Wildman–Crippen MR) is 88.2 cm³/mol. The number of thiophene rings is 1. The van der Waals surface area contributed by atoms with Crippen molar-refractivity contribution in [1.29, 1.82) is 0 Å². The van der Waals surface area contributed by atoms with E-state index in [0.717, 1.165) is 19.4 Å².